The zero-order chi connectivity index (χ0) is 10.7. The second-order valence-electron chi connectivity index (χ2n) is 3.94. The van der Waals surface area contributed by atoms with Crippen molar-refractivity contribution in [3.8, 4) is 0 Å². The third kappa shape index (κ3) is 2.38. The van der Waals surface area contributed by atoms with Crippen molar-refractivity contribution in [3.05, 3.63) is 47.9 Å². The number of allylic oxidation sites excluding steroid dienone is 4. The third-order valence-corrected chi connectivity index (χ3v) is 2.69. The predicted molar refractivity (Wildman–Crippen MR) is 62.8 cm³/mol. The largest absolute Gasteiger partial charge is 0.360 e. The fraction of sp³-hybridized carbons (Fsp3) is 0.385. The van der Waals surface area contributed by atoms with Crippen molar-refractivity contribution < 1.29 is 0 Å². The molecule has 0 bridgehead atoms. The minimum absolute atomic E-state index is 0.994. The molecule has 1 heterocycles. The third-order valence-electron chi connectivity index (χ3n) is 2.69. The number of nitrogens with one attached hydrogen (secondary N) is 1. The highest BCUT2D eigenvalue weighted by atomic mass is 14.9. The highest BCUT2D eigenvalue weighted by Gasteiger charge is 2.12. The average Bonchev–Trinajstić information content (AvgIpc) is 2.25. The summed E-state index contributed by atoms with van der Waals surface area (Å²) in [6.07, 6.45) is 3.25. The van der Waals surface area contributed by atoms with Crippen LogP contribution in [-0.4, -0.2) is 0 Å². The van der Waals surface area contributed by atoms with Gasteiger partial charge in [-0.15, -0.1) is 0 Å². The van der Waals surface area contributed by atoms with Gasteiger partial charge in [0.05, 0.1) is 0 Å². The van der Waals surface area contributed by atoms with Crippen LogP contribution in [-0.2, 0) is 0 Å². The van der Waals surface area contributed by atoms with Crippen LogP contribution in [0.3, 0.4) is 0 Å². The van der Waals surface area contributed by atoms with Gasteiger partial charge in [0.25, 0.3) is 0 Å². The van der Waals surface area contributed by atoms with Crippen molar-refractivity contribution in [1.29, 1.82) is 0 Å². The van der Waals surface area contributed by atoms with Gasteiger partial charge in [-0.05, 0) is 44.3 Å². The lowest BCUT2D eigenvalue weighted by molar-refractivity contribution is 0.819. The van der Waals surface area contributed by atoms with E-state index in [0.717, 1.165) is 36.2 Å². The van der Waals surface area contributed by atoms with E-state index in [1.54, 1.807) is 0 Å². The second kappa shape index (κ2) is 4.32. The Morgan fingerprint density at radius 2 is 1.86 bits per heavy atom. The summed E-state index contributed by atoms with van der Waals surface area (Å²) in [6, 6.07) is 0. The van der Waals surface area contributed by atoms with Crippen LogP contribution >= 0.6 is 0 Å². The number of hydrogen-bond acceptors (Lipinski definition) is 1. The summed E-state index contributed by atoms with van der Waals surface area (Å²) < 4.78 is 0. The molecule has 14 heavy (non-hydrogen) atoms. The molecule has 76 valence electrons. The normalized spacial score (nSPS) is 21.3. The summed E-state index contributed by atoms with van der Waals surface area (Å²) in [5.41, 5.74) is 5.75. The summed E-state index contributed by atoms with van der Waals surface area (Å²) in [4.78, 5) is 0. The Kier molecular flexibility index (Phi) is 3.34. The minimum atomic E-state index is 0.994. The van der Waals surface area contributed by atoms with Crippen LogP contribution in [0, 0.1) is 0 Å². The molecule has 1 aliphatic rings. The van der Waals surface area contributed by atoms with E-state index in [1.807, 2.05) is 6.92 Å². The van der Waals surface area contributed by atoms with Gasteiger partial charge in [0.2, 0.25) is 0 Å². The Morgan fingerprint density at radius 1 is 1.21 bits per heavy atom. The molecule has 0 aliphatic carbocycles. The summed E-state index contributed by atoms with van der Waals surface area (Å²) in [5, 5.41) is 3.24. The Balaban J connectivity index is 2.99. The van der Waals surface area contributed by atoms with Crippen molar-refractivity contribution in [2.45, 2.75) is 33.1 Å². The number of hydrogen-bond donors (Lipinski definition) is 1. The van der Waals surface area contributed by atoms with Crippen molar-refractivity contribution in [2.75, 3.05) is 0 Å². The lowest BCUT2D eigenvalue weighted by Gasteiger charge is -2.13. The quantitative estimate of drug-likeness (QED) is 0.663. The summed E-state index contributed by atoms with van der Waals surface area (Å²) in [6.45, 7) is 16.1. The second-order valence-corrected chi connectivity index (χ2v) is 3.94. The Labute approximate surface area is 86.9 Å². The molecule has 0 unspecified atom stereocenters. The van der Waals surface area contributed by atoms with Crippen LogP contribution < -0.4 is 5.32 Å². The van der Waals surface area contributed by atoms with Crippen molar-refractivity contribution in [2.24, 2.45) is 0 Å². The van der Waals surface area contributed by atoms with Gasteiger partial charge in [0.1, 0.15) is 0 Å². The number of rotatable bonds is 1. The molecule has 0 radical (unpaired) electrons. The van der Waals surface area contributed by atoms with Crippen LogP contribution in [0.4, 0.5) is 0 Å². The minimum Gasteiger partial charge on any atom is -0.360 e. The molecule has 1 fully saturated rings. The van der Waals surface area contributed by atoms with Gasteiger partial charge in [0.15, 0.2) is 0 Å². The molecule has 0 amide bonds. The van der Waals surface area contributed by atoms with E-state index in [9.17, 15) is 0 Å². The van der Waals surface area contributed by atoms with Crippen LogP contribution in [0.5, 0.6) is 0 Å². The molecule has 1 aliphatic heterocycles. The van der Waals surface area contributed by atoms with Gasteiger partial charge in [-0.25, -0.2) is 0 Å². The van der Waals surface area contributed by atoms with E-state index < -0.39 is 0 Å². The first kappa shape index (κ1) is 10.8. The van der Waals surface area contributed by atoms with E-state index in [4.69, 9.17) is 0 Å². The first-order valence-electron chi connectivity index (χ1n) is 5.02. The molecule has 0 atom stereocenters. The maximum Gasteiger partial charge on any atom is 0.0343 e. The Bertz CT molecular complexity index is 318. The highest BCUT2D eigenvalue weighted by molar-refractivity contribution is 5.42. The van der Waals surface area contributed by atoms with Crippen LogP contribution in [0.15, 0.2) is 47.9 Å². The first-order chi connectivity index (χ1) is 6.52. The lowest BCUT2D eigenvalue weighted by Crippen LogP contribution is -2.10. The van der Waals surface area contributed by atoms with E-state index in [1.165, 1.54) is 11.1 Å². The fourth-order valence-electron chi connectivity index (χ4n) is 1.65. The highest BCUT2D eigenvalue weighted by Crippen LogP contribution is 2.26. The van der Waals surface area contributed by atoms with Crippen molar-refractivity contribution in [1.82, 2.24) is 5.32 Å². The smallest absolute Gasteiger partial charge is 0.0343 e. The maximum atomic E-state index is 4.04. The monoisotopic (exact) mass is 189 g/mol. The van der Waals surface area contributed by atoms with Crippen LogP contribution in [0.2, 0.25) is 0 Å². The molecular weight excluding hydrogens is 170 g/mol. The van der Waals surface area contributed by atoms with Gasteiger partial charge in [0, 0.05) is 11.4 Å². The van der Waals surface area contributed by atoms with Gasteiger partial charge < -0.3 is 5.32 Å². The van der Waals surface area contributed by atoms with E-state index >= 15 is 0 Å². The summed E-state index contributed by atoms with van der Waals surface area (Å²) in [5.74, 6) is 0. The van der Waals surface area contributed by atoms with Gasteiger partial charge >= 0.3 is 0 Å². The molecule has 1 nitrogen and oxygen atoms in total. The van der Waals surface area contributed by atoms with E-state index in [-0.39, 0.29) is 0 Å². The molecule has 1 N–H and O–H groups in total. The predicted octanol–water partition coefficient (Wildman–Crippen LogP) is 3.68. The average molecular weight is 189 g/mol. The molecule has 1 saturated heterocycles. The Morgan fingerprint density at radius 3 is 2.43 bits per heavy atom. The molecule has 1 rings (SSSR count). The standard InChI is InChI=1S/C13H19N/c1-9(2)11(4)13-8-6-7-10(3)14-12(13)5/h14H,1,3,5-8H2,2,4H3/b13-11-. The molecule has 0 aromatic heterocycles. The molecule has 0 spiro atoms. The van der Waals surface area contributed by atoms with Gasteiger partial charge in [-0.1, -0.05) is 25.3 Å². The molecule has 0 saturated carbocycles. The van der Waals surface area contributed by atoms with Crippen molar-refractivity contribution >= 4 is 0 Å². The van der Waals surface area contributed by atoms with Crippen molar-refractivity contribution in [3.63, 3.8) is 0 Å². The van der Waals surface area contributed by atoms with Crippen LogP contribution in [0.1, 0.15) is 33.1 Å². The zero-order valence-corrected chi connectivity index (χ0v) is 9.24. The molecule has 0 aromatic rings. The summed E-state index contributed by atoms with van der Waals surface area (Å²) in [7, 11) is 0. The lowest BCUT2D eigenvalue weighted by atomic mass is 9.98. The van der Waals surface area contributed by atoms with E-state index in [0.29, 0.717) is 0 Å². The first-order valence-corrected chi connectivity index (χ1v) is 5.02. The topological polar surface area (TPSA) is 12.0 Å². The molecule has 0 aromatic carbocycles. The SMILES string of the molecule is C=C1CCC/C(=C(\C)C(=C)C)C(=C)N1. The van der Waals surface area contributed by atoms with Gasteiger partial charge in [-0.2, -0.15) is 0 Å². The Hall–Kier alpha value is -1.24. The fourth-order valence-corrected chi connectivity index (χ4v) is 1.65. The van der Waals surface area contributed by atoms with E-state index in [2.05, 4.69) is 32.0 Å². The van der Waals surface area contributed by atoms with Crippen LogP contribution in [0.25, 0.3) is 0 Å². The zero-order valence-electron chi connectivity index (χ0n) is 9.24. The van der Waals surface area contributed by atoms with Gasteiger partial charge in [-0.3, -0.25) is 0 Å². The maximum absolute atomic E-state index is 4.04. The molecule has 1 heteroatoms. The molecular formula is C13H19N. The summed E-state index contributed by atoms with van der Waals surface area (Å²) >= 11 is 0.